The first-order chi connectivity index (χ1) is 18.5. The number of aromatic hydroxyl groups is 1. The van der Waals surface area contributed by atoms with Crippen molar-refractivity contribution >= 4 is 23.5 Å². The number of aliphatic hydroxyl groups is 1. The number of rotatable bonds is 8. The van der Waals surface area contributed by atoms with Crippen molar-refractivity contribution in [3.05, 3.63) is 88.5 Å². The van der Waals surface area contributed by atoms with Crippen molar-refractivity contribution < 1.29 is 29.3 Å². The number of carbonyl (C=O) groups excluding carboxylic acids is 2. The maximum Gasteiger partial charge on any atom is 0.327 e. The Balaban J connectivity index is 1.65. The van der Waals surface area contributed by atoms with Gasteiger partial charge in [0.05, 0.1) is 20.1 Å². The monoisotopic (exact) mass is 548 g/mol. The van der Waals surface area contributed by atoms with Crippen LogP contribution in [0.1, 0.15) is 61.4 Å². The summed E-state index contributed by atoms with van der Waals surface area (Å²) in [6.45, 7) is 8.06. The van der Waals surface area contributed by atoms with Gasteiger partial charge in [0.15, 0.2) is 11.0 Å². The van der Waals surface area contributed by atoms with Crippen LogP contribution in [0, 0.1) is 6.92 Å². The molecule has 0 spiro atoms. The number of aryl methyl sites for hydroxylation is 2. The number of aliphatic hydroxyl groups excluding tert-OH is 1. The molecule has 1 saturated heterocycles. The van der Waals surface area contributed by atoms with E-state index in [1.807, 2.05) is 43.3 Å². The molecule has 39 heavy (non-hydrogen) atoms. The van der Waals surface area contributed by atoms with Crippen molar-refractivity contribution in [1.29, 1.82) is 0 Å². The quantitative estimate of drug-likeness (QED) is 0.263. The molecule has 0 bridgehead atoms. The molecule has 0 aromatic heterocycles. The zero-order valence-electron chi connectivity index (χ0n) is 23.1. The van der Waals surface area contributed by atoms with Gasteiger partial charge in [0.25, 0.3) is 0 Å². The van der Waals surface area contributed by atoms with Crippen LogP contribution in [0.2, 0.25) is 0 Å². The smallest absolute Gasteiger partial charge is 0.327 e. The number of carbonyl (C=O) groups is 2. The van der Waals surface area contributed by atoms with Gasteiger partial charge >= 0.3 is 5.97 Å². The van der Waals surface area contributed by atoms with Crippen LogP contribution in [0.15, 0.2) is 65.6 Å². The maximum absolute atomic E-state index is 13.7. The Hall–Kier alpha value is -3.29. The highest BCUT2D eigenvalue weighted by atomic mass is 32.2. The lowest BCUT2D eigenvalue weighted by atomic mass is 9.81. The number of ether oxygens (including phenoxy) is 2. The second-order valence-electron chi connectivity index (χ2n) is 11.1. The van der Waals surface area contributed by atoms with Crippen molar-refractivity contribution in [2.45, 2.75) is 74.7 Å². The lowest BCUT2D eigenvalue weighted by molar-refractivity contribution is -0.171. The van der Waals surface area contributed by atoms with Crippen LogP contribution in [-0.2, 0) is 38.4 Å². The number of thioether (sulfide) groups is 1. The van der Waals surface area contributed by atoms with E-state index in [9.17, 15) is 19.8 Å². The first-order valence-corrected chi connectivity index (χ1v) is 13.9. The Morgan fingerprint density at radius 3 is 2.28 bits per heavy atom. The number of Topliss-reactive ketones (excluding diaryl/α,β-unsaturated/α-hetero) is 1. The van der Waals surface area contributed by atoms with Gasteiger partial charge in [0.2, 0.25) is 0 Å². The number of benzene rings is 3. The highest BCUT2D eigenvalue weighted by Gasteiger charge is 2.48. The number of phenolic OH excluding ortho intramolecular Hbond substituents is 1. The van der Waals surface area contributed by atoms with Crippen LogP contribution in [0.25, 0.3) is 0 Å². The number of hydrogen-bond acceptors (Lipinski definition) is 7. The summed E-state index contributed by atoms with van der Waals surface area (Å²) in [4.78, 5) is 28.2. The van der Waals surface area contributed by atoms with E-state index in [1.54, 1.807) is 31.4 Å². The fraction of sp³-hybridized carbons (Fsp3) is 0.375. The minimum absolute atomic E-state index is 0.0549. The fourth-order valence-corrected chi connectivity index (χ4v) is 6.31. The van der Waals surface area contributed by atoms with E-state index >= 15 is 0 Å². The van der Waals surface area contributed by atoms with Gasteiger partial charge in [-0.3, -0.25) is 9.59 Å². The molecule has 206 valence electrons. The Labute approximate surface area is 234 Å². The Kier molecular flexibility index (Phi) is 8.42. The predicted octanol–water partition coefficient (Wildman–Crippen LogP) is 6.00. The summed E-state index contributed by atoms with van der Waals surface area (Å²) < 4.78 is 11.5. The normalized spacial score (nSPS) is 19.6. The molecular formula is C32H36O6S. The molecule has 0 aliphatic carbocycles. The van der Waals surface area contributed by atoms with Gasteiger partial charge in [-0.05, 0) is 83.3 Å². The van der Waals surface area contributed by atoms with E-state index in [0.717, 1.165) is 32.7 Å². The van der Waals surface area contributed by atoms with E-state index in [2.05, 4.69) is 20.8 Å². The molecule has 2 N–H and O–H groups in total. The summed E-state index contributed by atoms with van der Waals surface area (Å²) in [7, 11) is 1.59. The molecule has 0 radical (unpaired) electrons. The van der Waals surface area contributed by atoms with Crippen molar-refractivity contribution in [3.8, 4) is 11.5 Å². The van der Waals surface area contributed by atoms with E-state index in [0.29, 0.717) is 18.6 Å². The SMILES string of the molecule is COc1ccc(C2(CCc3ccc(O)cc3)CC(=O)C(Sc3cc(C)c(CO)cc3C(C)(C)C)C(=O)O2)cc1. The summed E-state index contributed by atoms with van der Waals surface area (Å²) in [5.74, 6) is 0.119. The number of phenols is 1. The van der Waals surface area contributed by atoms with Gasteiger partial charge in [-0.15, -0.1) is 11.8 Å². The third-order valence-corrected chi connectivity index (χ3v) is 8.58. The van der Waals surface area contributed by atoms with E-state index in [1.165, 1.54) is 11.8 Å². The summed E-state index contributed by atoms with van der Waals surface area (Å²) in [5, 5.41) is 18.5. The van der Waals surface area contributed by atoms with E-state index in [-0.39, 0.29) is 30.0 Å². The minimum Gasteiger partial charge on any atom is -0.508 e. The average molecular weight is 549 g/mol. The average Bonchev–Trinajstić information content (AvgIpc) is 2.90. The molecule has 4 rings (SSSR count). The van der Waals surface area contributed by atoms with Crippen molar-refractivity contribution in [2.75, 3.05) is 7.11 Å². The lowest BCUT2D eigenvalue weighted by Crippen LogP contribution is -2.47. The molecule has 3 aromatic carbocycles. The number of cyclic esters (lactones) is 1. The molecule has 1 aliphatic rings. The second kappa shape index (κ2) is 11.4. The number of esters is 1. The zero-order chi connectivity index (χ0) is 28.4. The standard InChI is InChI=1S/C32H36O6S/c1-20-16-28(26(31(2,3)4)17-22(20)19-33)39-29-27(35)18-32(38-30(29)36,23-8-12-25(37-5)13-9-23)15-14-21-6-10-24(34)11-7-21/h6-13,16-17,29,33-34H,14-15,18-19H2,1-5H3. The van der Waals surface area contributed by atoms with E-state index in [4.69, 9.17) is 9.47 Å². The van der Waals surface area contributed by atoms with Gasteiger partial charge in [-0.25, -0.2) is 0 Å². The first-order valence-electron chi connectivity index (χ1n) is 13.1. The summed E-state index contributed by atoms with van der Waals surface area (Å²) >= 11 is 1.23. The second-order valence-corrected chi connectivity index (χ2v) is 12.3. The van der Waals surface area contributed by atoms with Gasteiger partial charge in [0, 0.05) is 4.90 Å². The van der Waals surface area contributed by atoms with Gasteiger partial charge < -0.3 is 19.7 Å². The topological polar surface area (TPSA) is 93.1 Å². The molecular weight excluding hydrogens is 512 g/mol. The minimum atomic E-state index is -1.11. The lowest BCUT2D eigenvalue weighted by Gasteiger charge is -2.39. The molecule has 6 nitrogen and oxygen atoms in total. The molecule has 1 fully saturated rings. The molecule has 1 aliphatic heterocycles. The van der Waals surface area contributed by atoms with Gasteiger partial charge in [0.1, 0.15) is 17.1 Å². The highest BCUT2D eigenvalue weighted by molar-refractivity contribution is 8.01. The molecule has 2 atom stereocenters. The van der Waals surface area contributed by atoms with Crippen molar-refractivity contribution in [3.63, 3.8) is 0 Å². The molecule has 1 heterocycles. The fourth-order valence-electron chi connectivity index (χ4n) is 4.96. The number of ketones is 1. The van der Waals surface area contributed by atoms with Crippen molar-refractivity contribution in [1.82, 2.24) is 0 Å². The third kappa shape index (κ3) is 6.31. The van der Waals surface area contributed by atoms with Crippen LogP contribution < -0.4 is 4.74 Å². The Morgan fingerprint density at radius 1 is 1.05 bits per heavy atom. The van der Waals surface area contributed by atoms with Gasteiger partial charge in [-0.2, -0.15) is 0 Å². The molecule has 2 unspecified atom stereocenters. The molecule has 0 amide bonds. The Bertz CT molecular complexity index is 1320. The number of hydrogen-bond donors (Lipinski definition) is 2. The Morgan fingerprint density at radius 2 is 1.72 bits per heavy atom. The zero-order valence-corrected chi connectivity index (χ0v) is 23.9. The predicted molar refractivity (Wildman–Crippen MR) is 152 cm³/mol. The first kappa shape index (κ1) is 28.7. The highest BCUT2D eigenvalue weighted by Crippen LogP contribution is 2.44. The molecule has 7 heteroatoms. The summed E-state index contributed by atoms with van der Waals surface area (Å²) in [6.07, 6.45) is 1.02. The van der Waals surface area contributed by atoms with Crippen LogP contribution in [-0.4, -0.2) is 34.3 Å². The molecule has 0 saturated carbocycles. The van der Waals surface area contributed by atoms with Crippen LogP contribution >= 0.6 is 11.8 Å². The van der Waals surface area contributed by atoms with Crippen molar-refractivity contribution in [2.24, 2.45) is 0 Å². The summed E-state index contributed by atoms with van der Waals surface area (Å²) in [5.41, 5.74) is 3.06. The van der Waals surface area contributed by atoms with E-state index < -0.39 is 16.8 Å². The van der Waals surface area contributed by atoms with Gasteiger partial charge in [-0.1, -0.05) is 51.1 Å². The van der Waals surface area contributed by atoms with Crippen LogP contribution in [0.4, 0.5) is 0 Å². The largest absolute Gasteiger partial charge is 0.508 e. The van der Waals surface area contributed by atoms with Crippen LogP contribution in [0.3, 0.4) is 0 Å². The maximum atomic E-state index is 13.7. The molecule has 3 aromatic rings. The number of methoxy groups -OCH3 is 1. The summed E-state index contributed by atoms with van der Waals surface area (Å²) in [6, 6.07) is 18.1. The van der Waals surface area contributed by atoms with Crippen LogP contribution in [0.5, 0.6) is 11.5 Å². The third-order valence-electron chi connectivity index (χ3n) is 7.29.